The summed E-state index contributed by atoms with van der Waals surface area (Å²) in [6.07, 6.45) is 5.49. The summed E-state index contributed by atoms with van der Waals surface area (Å²) >= 11 is 0. The second-order valence-corrected chi connectivity index (χ2v) is 5.32. The van der Waals surface area contributed by atoms with Crippen molar-refractivity contribution in [3.63, 3.8) is 0 Å². The van der Waals surface area contributed by atoms with Crippen molar-refractivity contribution in [3.05, 3.63) is 53.9 Å². The van der Waals surface area contributed by atoms with Gasteiger partial charge in [0.1, 0.15) is 5.82 Å². The maximum atomic E-state index is 4.51. The van der Waals surface area contributed by atoms with Crippen molar-refractivity contribution in [2.24, 2.45) is 0 Å². The minimum absolute atomic E-state index is 0.218. The van der Waals surface area contributed by atoms with Gasteiger partial charge in [-0.3, -0.25) is 4.98 Å². The number of hydrogen-bond acceptors (Lipinski definition) is 3. The maximum Gasteiger partial charge on any atom is 0.138 e. The summed E-state index contributed by atoms with van der Waals surface area (Å²) in [5, 5.41) is 0. The molecule has 0 unspecified atom stereocenters. The zero-order valence-electron chi connectivity index (χ0n) is 11.4. The lowest BCUT2D eigenvalue weighted by molar-refractivity contribution is 0.586. The number of pyridine rings is 1. The van der Waals surface area contributed by atoms with Gasteiger partial charge in [0.25, 0.3) is 0 Å². The molecule has 0 spiro atoms. The summed E-state index contributed by atoms with van der Waals surface area (Å²) in [5.74, 6) is 1.28. The van der Waals surface area contributed by atoms with E-state index >= 15 is 0 Å². The number of nitrogens with zero attached hydrogens (tertiary/aromatic N) is 3. The molecule has 2 rings (SSSR count). The highest BCUT2D eigenvalue weighted by molar-refractivity contribution is 5.29. The molecule has 3 nitrogen and oxygen atoms in total. The van der Waals surface area contributed by atoms with Crippen molar-refractivity contribution in [1.82, 2.24) is 15.0 Å². The van der Waals surface area contributed by atoms with E-state index < -0.39 is 0 Å². The van der Waals surface area contributed by atoms with Crippen LogP contribution >= 0.6 is 0 Å². The summed E-state index contributed by atoms with van der Waals surface area (Å²) in [6, 6.07) is 6.04. The molecule has 94 valence electrons. The maximum absolute atomic E-state index is 4.51. The predicted molar refractivity (Wildman–Crippen MR) is 72.5 cm³/mol. The summed E-state index contributed by atoms with van der Waals surface area (Å²) in [4.78, 5) is 13.2. The van der Waals surface area contributed by atoms with Gasteiger partial charge in [-0.2, -0.15) is 0 Å². The van der Waals surface area contributed by atoms with E-state index in [9.17, 15) is 0 Å². The van der Waals surface area contributed by atoms with E-state index in [0.29, 0.717) is 5.92 Å². The van der Waals surface area contributed by atoms with E-state index in [1.165, 1.54) is 0 Å². The predicted octanol–water partition coefficient (Wildman–Crippen LogP) is 3.32. The Morgan fingerprint density at radius 1 is 1.00 bits per heavy atom. The second-order valence-electron chi connectivity index (χ2n) is 5.32. The highest BCUT2D eigenvalue weighted by Gasteiger charge is 2.26. The van der Waals surface area contributed by atoms with Gasteiger partial charge in [0.2, 0.25) is 0 Å². The Hall–Kier alpha value is -1.77. The van der Waals surface area contributed by atoms with Gasteiger partial charge in [-0.1, -0.05) is 19.9 Å². The van der Waals surface area contributed by atoms with Crippen LogP contribution < -0.4 is 0 Å². The van der Waals surface area contributed by atoms with Gasteiger partial charge < -0.3 is 0 Å². The van der Waals surface area contributed by atoms with E-state index in [1.807, 2.05) is 12.3 Å². The van der Waals surface area contributed by atoms with Crippen molar-refractivity contribution in [3.8, 4) is 0 Å². The molecule has 0 atom stereocenters. The monoisotopic (exact) mass is 241 g/mol. The lowest BCUT2D eigenvalue weighted by atomic mass is 9.84. The fourth-order valence-electron chi connectivity index (χ4n) is 1.87. The Morgan fingerprint density at radius 3 is 2.17 bits per heavy atom. The average Bonchev–Trinajstić information content (AvgIpc) is 2.40. The van der Waals surface area contributed by atoms with E-state index in [0.717, 1.165) is 17.1 Å². The molecule has 0 aliphatic rings. The first-order chi connectivity index (χ1) is 8.51. The minimum Gasteiger partial charge on any atom is -0.261 e. The van der Waals surface area contributed by atoms with Gasteiger partial charge in [-0.15, -0.1) is 0 Å². The second kappa shape index (κ2) is 4.84. The lowest BCUT2D eigenvalue weighted by Gasteiger charge is -2.23. The molecule has 0 bridgehead atoms. The molecule has 0 aliphatic carbocycles. The van der Waals surface area contributed by atoms with Crippen LogP contribution in [0.4, 0.5) is 0 Å². The van der Waals surface area contributed by atoms with Crippen LogP contribution in [-0.2, 0) is 5.41 Å². The molecule has 0 N–H and O–H groups in total. The molecule has 2 aromatic heterocycles. The zero-order valence-corrected chi connectivity index (χ0v) is 11.4. The first kappa shape index (κ1) is 12.7. The Morgan fingerprint density at radius 2 is 1.67 bits per heavy atom. The summed E-state index contributed by atoms with van der Waals surface area (Å²) < 4.78 is 0. The van der Waals surface area contributed by atoms with Crippen LogP contribution in [-0.4, -0.2) is 15.0 Å². The highest BCUT2D eigenvalue weighted by atomic mass is 14.9. The normalized spacial score (nSPS) is 11.8. The Balaban J connectivity index is 2.36. The first-order valence-corrected chi connectivity index (χ1v) is 6.25. The van der Waals surface area contributed by atoms with Crippen LogP contribution in [0.25, 0.3) is 0 Å². The quantitative estimate of drug-likeness (QED) is 0.827. The van der Waals surface area contributed by atoms with Crippen molar-refractivity contribution in [2.45, 2.75) is 39.0 Å². The Bertz CT molecular complexity index is 501. The van der Waals surface area contributed by atoms with Gasteiger partial charge in [-0.25, -0.2) is 9.97 Å². The van der Waals surface area contributed by atoms with E-state index in [-0.39, 0.29) is 5.41 Å². The highest BCUT2D eigenvalue weighted by Crippen LogP contribution is 2.28. The summed E-state index contributed by atoms with van der Waals surface area (Å²) in [5.41, 5.74) is 2.03. The van der Waals surface area contributed by atoms with Gasteiger partial charge in [0, 0.05) is 24.3 Å². The van der Waals surface area contributed by atoms with Gasteiger partial charge in [0.05, 0.1) is 5.41 Å². The third-order valence-corrected chi connectivity index (χ3v) is 3.22. The van der Waals surface area contributed by atoms with Crippen LogP contribution in [0.3, 0.4) is 0 Å². The molecule has 0 saturated heterocycles. The third kappa shape index (κ3) is 2.40. The average molecular weight is 241 g/mol. The number of aromatic nitrogens is 3. The smallest absolute Gasteiger partial charge is 0.138 e. The third-order valence-electron chi connectivity index (χ3n) is 3.22. The molecule has 0 aliphatic heterocycles. The largest absolute Gasteiger partial charge is 0.261 e. The van der Waals surface area contributed by atoms with Crippen LogP contribution in [0, 0.1) is 0 Å². The van der Waals surface area contributed by atoms with Crippen molar-refractivity contribution in [2.75, 3.05) is 0 Å². The van der Waals surface area contributed by atoms with Crippen LogP contribution in [0.2, 0.25) is 0 Å². The molecule has 0 radical (unpaired) electrons. The van der Waals surface area contributed by atoms with E-state index in [1.54, 1.807) is 12.4 Å². The topological polar surface area (TPSA) is 38.7 Å². The van der Waals surface area contributed by atoms with Crippen LogP contribution in [0.1, 0.15) is 50.7 Å². The Kier molecular flexibility index (Phi) is 3.41. The van der Waals surface area contributed by atoms with E-state index in [4.69, 9.17) is 0 Å². The molecule has 0 amide bonds. The van der Waals surface area contributed by atoms with Gasteiger partial charge >= 0.3 is 0 Å². The molecule has 0 aromatic carbocycles. The molecular weight excluding hydrogens is 222 g/mol. The number of rotatable bonds is 3. The van der Waals surface area contributed by atoms with Crippen molar-refractivity contribution < 1.29 is 0 Å². The lowest BCUT2D eigenvalue weighted by Crippen LogP contribution is -2.22. The van der Waals surface area contributed by atoms with Crippen LogP contribution in [0.15, 0.2) is 36.8 Å². The van der Waals surface area contributed by atoms with Gasteiger partial charge in [-0.05, 0) is 37.5 Å². The van der Waals surface area contributed by atoms with Gasteiger partial charge in [0.15, 0.2) is 0 Å². The summed E-state index contributed by atoms with van der Waals surface area (Å²) in [6.45, 7) is 8.53. The van der Waals surface area contributed by atoms with Crippen molar-refractivity contribution >= 4 is 0 Å². The molecule has 18 heavy (non-hydrogen) atoms. The van der Waals surface area contributed by atoms with Crippen molar-refractivity contribution in [1.29, 1.82) is 0 Å². The molecular formula is C15H19N3. The number of hydrogen-bond donors (Lipinski definition) is 0. The fourth-order valence-corrected chi connectivity index (χ4v) is 1.87. The molecule has 2 aromatic rings. The molecule has 0 fully saturated rings. The zero-order chi connectivity index (χ0) is 13.2. The molecule has 3 heteroatoms. The fraction of sp³-hybridized carbons (Fsp3) is 0.400. The van der Waals surface area contributed by atoms with Crippen LogP contribution in [0.5, 0.6) is 0 Å². The van der Waals surface area contributed by atoms with E-state index in [2.05, 4.69) is 54.8 Å². The SMILES string of the molecule is CC(C)c1ccc(C(C)(C)c2ncccn2)cn1. The standard InChI is InChI=1S/C15H19N3/c1-11(2)13-7-6-12(10-18-13)15(3,4)14-16-8-5-9-17-14/h5-11H,1-4H3. The molecule has 2 heterocycles. The first-order valence-electron chi connectivity index (χ1n) is 6.25. The summed E-state index contributed by atoms with van der Waals surface area (Å²) in [7, 11) is 0. The Labute approximate surface area is 108 Å². The minimum atomic E-state index is -0.218. The molecule has 0 saturated carbocycles.